The van der Waals surface area contributed by atoms with Crippen molar-refractivity contribution < 1.29 is 4.74 Å². The van der Waals surface area contributed by atoms with E-state index in [0.29, 0.717) is 5.25 Å². The van der Waals surface area contributed by atoms with Crippen LogP contribution in [0.1, 0.15) is 39.5 Å². The summed E-state index contributed by atoms with van der Waals surface area (Å²) >= 11 is 1.92. The highest BCUT2D eigenvalue weighted by molar-refractivity contribution is 8.14. The second-order valence-electron chi connectivity index (χ2n) is 5.00. The average molecular weight is 258 g/mol. The van der Waals surface area contributed by atoms with E-state index in [2.05, 4.69) is 24.2 Å². The summed E-state index contributed by atoms with van der Waals surface area (Å²) in [6.45, 7) is 7.48. The largest absolute Gasteiger partial charge is 0.385 e. The van der Waals surface area contributed by atoms with Crippen LogP contribution in [0.4, 0.5) is 0 Å². The molecule has 4 heteroatoms. The summed E-state index contributed by atoms with van der Waals surface area (Å²) in [5, 5.41) is 5.29. The van der Waals surface area contributed by atoms with Gasteiger partial charge in [-0.3, -0.25) is 4.99 Å². The minimum atomic E-state index is 0.700. The molecule has 0 amide bonds. The Morgan fingerprint density at radius 1 is 1.41 bits per heavy atom. The van der Waals surface area contributed by atoms with Gasteiger partial charge in [0.05, 0.1) is 6.54 Å². The Morgan fingerprint density at radius 2 is 2.24 bits per heavy atom. The van der Waals surface area contributed by atoms with Crippen molar-refractivity contribution in [2.75, 3.05) is 26.8 Å². The number of nitrogens with zero attached hydrogens (tertiary/aromatic N) is 1. The highest BCUT2D eigenvalue weighted by Gasteiger charge is 2.19. The van der Waals surface area contributed by atoms with E-state index < -0.39 is 0 Å². The predicted octanol–water partition coefficient (Wildman–Crippen LogP) is 2.91. The van der Waals surface area contributed by atoms with Gasteiger partial charge in [-0.25, -0.2) is 0 Å². The molecule has 1 aliphatic rings. The number of hydrogen-bond acceptors (Lipinski definition) is 4. The lowest BCUT2D eigenvalue weighted by atomic mass is 10.1. The van der Waals surface area contributed by atoms with Gasteiger partial charge in [-0.15, -0.1) is 0 Å². The number of aliphatic imine (C=N–C) groups is 1. The van der Waals surface area contributed by atoms with E-state index in [1.165, 1.54) is 19.3 Å². The minimum Gasteiger partial charge on any atom is -0.385 e. The molecule has 0 bridgehead atoms. The first kappa shape index (κ1) is 14.8. The lowest BCUT2D eigenvalue weighted by Gasteiger charge is -2.11. The molecular formula is C13H26N2OS. The molecule has 1 aliphatic heterocycles. The van der Waals surface area contributed by atoms with Crippen LogP contribution in [0.3, 0.4) is 0 Å². The van der Waals surface area contributed by atoms with Crippen LogP contribution in [0.25, 0.3) is 0 Å². The van der Waals surface area contributed by atoms with Crippen molar-refractivity contribution in [1.29, 1.82) is 0 Å². The number of amidine groups is 1. The molecular weight excluding hydrogens is 232 g/mol. The molecule has 0 fully saturated rings. The van der Waals surface area contributed by atoms with Crippen LogP contribution in [-0.4, -0.2) is 37.2 Å². The second-order valence-corrected chi connectivity index (χ2v) is 6.28. The van der Waals surface area contributed by atoms with Gasteiger partial charge < -0.3 is 10.1 Å². The van der Waals surface area contributed by atoms with E-state index >= 15 is 0 Å². The summed E-state index contributed by atoms with van der Waals surface area (Å²) in [7, 11) is 1.76. The van der Waals surface area contributed by atoms with Crippen LogP contribution in [0.15, 0.2) is 4.99 Å². The third-order valence-corrected chi connectivity index (χ3v) is 3.92. The Labute approximate surface area is 110 Å². The lowest BCUT2D eigenvalue weighted by molar-refractivity contribution is 0.192. The van der Waals surface area contributed by atoms with Crippen LogP contribution in [0, 0.1) is 5.92 Å². The van der Waals surface area contributed by atoms with Crippen molar-refractivity contribution in [3.05, 3.63) is 0 Å². The number of ether oxygens (including phenoxy) is 1. The van der Waals surface area contributed by atoms with E-state index in [0.717, 1.165) is 37.2 Å². The molecule has 0 aromatic rings. The van der Waals surface area contributed by atoms with Crippen molar-refractivity contribution >= 4 is 16.9 Å². The van der Waals surface area contributed by atoms with Crippen molar-refractivity contribution in [3.63, 3.8) is 0 Å². The third kappa shape index (κ3) is 6.94. The average Bonchev–Trinajstić information content (AvgIpc) is 2.70. The van der Waals surface area contributed by atoms with E-state index in [1.54, 1.807) is 7.11 Å². The maximum atomic E-state index is 5.02. The number of methoxy groups -OCH3 is 1. The molecule has 1 heterocycles. The number of unbranched alkanes of at least 4 members (excludes halogenated alkanes) is 2. The lowest BCUT2D eigenvalue weighted by Crippen LogP contribution is -2.21. The van der Waals surface area contributed by atoms with Gasteiger partial charge in [0, 0.05) is 25.5 Å². The zero-order chi connectivity index (χ0) is 12.5. The fraction of sp³-hybridized carbons (Fsp3) is 0.923. The Bertz CT molecular complexity index is 231. The maximum absolute atomic E-state index is 5.02. The third-order valence-electron chi connectivity index (χ3n) is 2.75. The standard InChI is InChI=1S/C13H26N2OS/c1-11(2)9-12-10-15-13(17-12)14-7-5-4-6-8-16-3/h11-12H,4-10H2,1-3H3,(H,14,15). The zero-order valence-corrected chi connectivity index (χ0v) is 12.2. The molecule has 0 aromatic carbocycles. The summed E-state index contributed by atoms with van der Waals surface area (Å²) < 4.78 is 5.02. The SMILES string of the molecule is COCCCCCNC1=NCC(CC(C)C)S1. The number of hydrogen-bond donors (Lipinski definition) is 1. The van der Waals surface area contributed by atoms with Crippen molar-refractivity contribution in [2.45, 2.75) is 44.8 Å². The zero-order valence-electron chi connectivity index (χ0n) is 11.4. The normalized spacial score (nSPS) is 19.8. The minimum absolute atomic E-state index is 0.700. The molecule has 0 radical (unpaired) electrons. The molecule has 0 saturated heterocycles. The molecule has 1 rings (SSSR count). The van der Waals surface area contributed by atoms with Gasteiger partial charge in [-0.05, 0) is 31.6 Å². The van der Waals surface area contributed by atoms with Gasteiger partial charge >= 0.3 is 0 Å². The van der Waals surface area contributed by atoms with Crippen molar-refractivity contribution in [3.8, 4) is 0 Å². The van der Waals surface area contributed by atoms with Gasteiger partial charge in [-0.1, -0.05) is 25.6 Å². The van der Waals surface area contributed by atoms with Gasteiger partial charge in [0.2, 0.25) is 0 Å². The first-order chi connectivity index (χ1) is 8.22. The maximum Gasteiger partial charge on any atom is 0.156 e. The van der Waals surface area contributed by atoms with E-state index in [4.69, 9.17) is 4.74 Å². The molecule has 0 saturated carbocycles. The first-order valence-electron chi connectivity index (χ1n) is 6.66. The van der Waals surface area contributed by atoms with Gasteiger partial charge in [-0.2, -0.15) is 0 Å². The summed E-state index contributed by atoms with van der Waals surface area (Å²) in [6, 6.07) is 0. The van der Waals surface area contributed by atoms with Gasteiger partial charge in [0.25, 0.3) is 0 Å². The highest BCUT2D eigenvalue weighted by atomic mass is 32.2. The van der Waals surface area contributed by atoms with Crippen LogP contribution >= 0.6 is 11.8 Å². The summed E-state index contributed by atoms with van der Waals surface area (Å²) in [4.78, 5) is 4.55. The Hall–Kier alpha value is -0.220. The fourth-order valence-electron chi connectivity index (χ4n) is 1.91. The Balaban J connectivity index is 1.98. The molecule has 0 aromatic heterocycles. The van der Waals surface area contributed by atoms with Gasteiger partial charge in [0.1, 0.15) is 0 Å². The molecule has 100 valence electrons. The molecule has 0 spiro atoms. The number of nitrogens with one attached hydrogen (secondary N) is 1. The summed E-state index contributed by atoms with van der Waals surface area (Å²) in [5.74, 6) is 0.774. The van der Waals surface area contributed by atoms with E-state index in [9.17, 15) is 0 Å². The number of thioether (sulfide) groups is 1. The molecule has 17 heavy (non-hydrogen) atoms. The quantitative estimate of drug-likeness (QED) is 0.680. The van der Waals surface area contributed by atoms with Crippen LogP contribution in [0.2, 0.25) is 0 Å². The van der Waals surface area contributed by atoms with E-state index in [1.807, 2.05) is 11.8 Å². The monoisotopic (exact) mass is 258 g/mol. The first-order valence-corrected chi connectivity index (χ1v) is 7.54. The Kier molecular flexibility index (Phi) is 7.69. The molecule has 3 nitrogen and oxygen atoms in total. The van der Waals surface area contributed by atoms with Crippen LogP contribution < -0.4 is 5.32 Å². The summed E-state index contributed by atoms with van der Waals surface area (Å²) in [6.07, 6.45) is 4.87. The topological polar surface area (TPSA) is 33.6 Å². The molecule has 1 unspecified atom stereocenters. The Morgan fingerprint density at radius 3 is 2.94 bits per heavy atom. The smallest absolute Gasteiger partial charge is 0.156 e. The van der Waals surface area contributed by atoms with Crippen molar-refractivity contribution in [1.82, 2.24) is 5.32 Å². The molecule has 1 atom stereocenters. The van der Waals surface area contributed by atoms with Gasteiger partial charge in [0.15, 0.2) is 5.17 Å². The fourth-order valence-corrected chi connectivity index (χ4v) is 3.19. The summed E-state index contributed by atoms with van der Waals surface area (Å²) in [5.41, 5.74) is 0. The van der Waals surface area contributed by atoms with Crippen LogP contribution in [-0.2, 0) is 4.74 Å². The molecule has 1 N–H and O–H groups in total. The highest BCUT2D eigenvalue weighted by Crippen LogP contribution is 2.25. The van der Waals surface area contributed by atoms with Crippen molar-refractivity contribution in [2.24, 2.45) is 10.9 Å². The molecule has 0 aliphatic carbocycles. The van der Waals surface area contributed by atoms with E-state index in [-0.39, 0.29) is 0 Å². The second kappa shape index (κ2) is 8.81. The van der Waals surface area contributed by atoms with Crippen LogP contribution in [0.5, 0.6) is 0 Å². The number of rotatable bonds is 8. The predicted molar refractivity (Wildman–Crippen MR) is 76.9 cm³/mol.